The molecule has 0 atom stereocenters. The zero-order chi connectivity index (χ0) is 11.7. The molecular formula is C9H6BrClN2O3. The average molecular weight is 306 g/mol. The third kappa shape index (κ3) is 2.28. The maximum atomic E-state index is 11.4. The van der Waals surface area contributed by atoms with E-state index in [1.165, 1.54) is 10.8 Å². The first-order chi connectivity index (χ1) is 7.56. The Morgan fingerprint density at radius 1 is 1.44 bits per heavy atom. The molecule has 0 fully saturated rings. The van der Waals surface area contributed by atoms with Gasteiger partial charge in [-0.2, -0.15) is 0 Å². The van der Waals surface area contributed by atoms with E-state index in [9.17, 15) is 9.59 Å². The summed E-state index contributed by atoms with van der Waals surface area (Å²) in [5, 5.41) is -0.0368. The Morgan fingerprint density at radius 3 is 2.81 bits per heavy atom. The van der Waals surface area contributed by atoms with E-state index in [0.29, 0.717) is 10.4 Å². The van der Waals surface area contributed by atoms with Gasteiger partial charge in [0.25, 0.3) is 5.56 Å². The average Bonchev–Trinajstić information content (AvgIpc) is 2.60. The number of furan rings is 1. The van der Waals surface area contributed by atoms with E-state index >= 15 is 0 Å². The Bertz CT molecular complexity index is 628. The van der Waals surface area contributed by atoms with Crippen molar-refractivity contribution in [1.29, 1.82) is 0 Å². The molecule has 0 amide bonds. The summed E-state index contributed by atoms with van der Waals surface area (Å²) in [4.78, 5) is 24.5. The van der Waals surface area contributed by atoms with Crippen LogP contribution in [0.5, 0.6) is 0 Å². The predicted molar refractivity (Wildman–Crippen MR) is 61.8 cm³/mol. The maximum absolute atomic E-state index is 11.4. The van der Waals surface area contributed by atoms with E-state index in [2.05, 4.69) is 20.9 Å². The highest BCUT2D eigenvalue weighted by atomic mass is 79.9. The topological polar surface area (TPSA) is 68.0 Å². The third-order valence-corrected chi connectivity index (χ3v) is 2.62. The van der Waals surface area contributed by atoms with Crippen molar-refractivity contribution in [2.45, 2.75) is 6.54 Å². The molecule has 0 aliphatic rings. The molecule has 0 radical (unpaired) electrons. The van der Waals surface area contributed by atoms with Gasteiger partial charge in [-0.1, -0.05) is 11.6 Å². The molecule has 0 unspecified atom stereocenters. The normalized spacial score (nSPS) is 10.6. The van der Waals surface area contributed by atoms with Gasteiger partial charge in [0, 0.05) is 6.20 Å². The van der Waals surface area contributed by atoms with Crippen molar-refractivity contribution in [3.8, 4) is 0 Å². The van der Waals surface area contributed by atoms with E-state index in [4.69, 9.17) is 16.0 Å². The van der Waals surface area contributed by atoms with Crippen molar-refractivity contribution >= 4 is 27.5 Å². The molecule has 0 saturated heterocycles. The van der Waals surface area contributed by atoms with Crippen LogP contribution >= 0.6 is 27.5 Å². The summed E-state index contributed by atoms with van der Waals surface area (Å²) < 4.78 is 7.07. The lowest BCUT2D eigenvalue weighted by molar-refractivity contribution is 0.468. The SMILES string of the molecule is O=c1[nH]c(=O)n(Cc2ccc(Br)o2)cc1Cl. The molecule has 16 heavy (non-hydrogen) atoms. The molecule has 7 heteroatoms. The second-order valence-corrected chi connectivity index (χ2v) is 4.26. The fourth-order valence-corrected chi connectivity index (χ4v) is 1.71. The van der Waals surface area contributed by atoms with Crippen LogP contribution in [0.2, 0.25) is 5.02 Å². The highest BCUT2D eigenvalue weighted by molar-refractivity contribution is 9.10. The summed E-state index contributed by atoms with van der Waals surface area (Å²) in [6.45, 7) is 0.209. The number of halogens is 2. The van der Waals surface area contributed by atoms with Crippen LogP contribution in [0, 0.1) is 0 Å². The Morgan fingerprint density at radius 2 is 2.19 bits per heavy atom. The second-order valence-electron chi connectivity index (χ2n) is 3.07. The van der Waals surface area contributed by atoms with E-state index in [1.807, 2.05) is 0 Å². The number of aromatic amines is 1. The largest absolute Gasteiger partial charge is 0.452 e. The summed E-state index contributed by atoms with van der Waals surface area (Å²) in [6, 6.07) is 3.43. The van der Waals surface area contributed by atoms with Gasteiger partial charge in [0.15, 0.2) is 4.67 Å². The highest BCUT2D eigenvalue weighted by Gasteiger charge is 2.05. The Kier molecular flexibility index (Phi) is 3.02. The van der Waals surface area contributed by atoms with E-state index in [1.54, 1.807) is 12.1 Å². The van der Waals surface area contributed by atoms with Crippen LogP contribution in [0.1, 0.15) is 5.76 Å². The van der Waals surface area contributed by atoms with Gasteiger partial charge in [-0.05, 0) is 28.1 Å². The van der Waals surface area contributed by atoms with Crippen molar-refractivity contribution in [1.82, 2.24) is 9.55 Å². The zero-order valence-electron chi connectivity index (χ0n) is 7.87. The Labute approximate surface area is 103 Å². The van der Waals surface area contributed by atoms with Crippen LogP contribution in [-0.4, -0.2) is 9.55 Å². The fourth-order valence-electron chi connectivity index (χ4n) is 1.20. The minimum Gasteiger partial charge on any atom is -0.452 e. The molecule has 0 spiro atoms. The molecule has 0 aliphatic heterocycles. The van der Waals surface area contributed by atoms with Crippen molar-refractivity contribution in [3.05, 3.63) is 54.6 Å². The molecule has 2 rings (SSSR count). The molecule has 84 valence electrons. The van der Waals surface area contributed by atoms with Crippen LogP contribution in [-0.2, 0) is 6.54 Å². The molecule has 0 bridgehead atoms. The zero-order valence-corrected chi connectivity index (χ0v) is 10.2. The number of hydrogen-bond donors (Lipinski definition) is 1. The lowest BCUT2D eigenvalue weighted by atomic mass is 10.4. The second kappa shape index (κ2) is 4.31. The highest BCUT2D eigenvalue weighted by Crippen LogP contribution is 2.14. The van der Waals surface area contributed by atoms with Gasteiger partial charge in [-0.3, -0.25) is 14.3 Å². The quantitative estimate of drug-likeness (QED) is 0.916. The van der Waals surface area contributed by atoms with E-state index in [0.717, 1.165) is 0 Å². The van der Waals surface area contributed by atoms with Crippen LogP contribution in [0.4, 0.5) is 0 Å². The van der Waals surface area contributed by atoms with Crippen LogP contribution in [0.25, 0.3) is 0 Å². The lowest BCUT2D eigenvalue weighted by Crippen LogP contribution is -2.29. The first kappa shape index (κ1) is 11.2. The van der Waals surface area contributed by atoms with Gasteiger partial charge >= 0.3 is 5.69 Å². The maximum Gasteiger partial charge on any atom is 0.328 e. The summed E-state index contributed by atoms with van der Waals surface area (Å²) in [5.41, 5.74) is -1.12. The molecular weight excluding hydrogens is 299 g/mol. The number of H-pyrrole nitrogens is 1. The van der Waals surface area contributed by atoms with Crippen molar-refractivity contribution < 1.29 is 4.42 Å². The van der Waals surface area contributed by atoms with Crippen LogP contribution in [0.15, 0.2) is 37.0 Å². The van der Waals surface area contributed by atoms with E-state index in [-0.39, 0.29) is 11.6 Å². The monoisotopic (exact) mass is 304 g/mol. The fraction of sp³-hybridized carbons (Fsp3) is 0.111. The van der Waals surface area contributed by atoms with Crippen molar-refractivity contribution in [3.63, 3.8) is 0 Å². The van der Waals surface area contributed by atoms with Gasteiger partial charge in [0.2, 0.25) is 0 Å². The number of aromatic nitrogens is 2. The minimum atomic E-state index is -0.594. The third-order valence-electron chi connectivity index (χ3n) is 1.92. The van der Waals surface area contributed by atoms with Gasteiger partial charge in [-0.15, -0.1) is 0 Å². The summed E-state index contributed by atoms with van der Waals surface area (Å²) in [6.07, 6.45) is 1.28. The smallest absolute Gasteiger partial charge is 0.328 e. The van der Waals surface area contributed by atoms with E-state index < -0.39 is 11.2 Å². The first-order valence-corrected chi connectivity index (χ1v) is 5.47. The molecule has 1 N–H and O–H groups in total. The molecule has 2 aromatic rings. The molecule has 0 aliphatic carbocycles. The number of hydrogen-bond acceptors (Lipinski definition) is 3. The molecule has 0 aromatic carbocycles. The summed E-state index contributed by atoms with van der Waals surface area (Å²) in [7, 11) is 0. The number of rotatable bonds is 2. The Hall–Kier alpha value is -1.27. The minimum absolute atomic E-state index is 0.0368. The predicted octanol–water partition coefficient (Wildman–Crippen LogP) is 1.59. The van der Waals surface area contributed by atoms with Crippen LogP contribution < -0.4 is 11.2 Å². The molecule has 5 nitrogen and oxygen atoms in total. The van der Waals surface area contributed by atoms with Gasteiger partial charge in [-0.25, -0.2) is 4.79 Å². The van der Waals surface area contributed by atoms with Gasteiger partial charge in [0.1, 0.15) is 10.8 Å². The lowest BCUT2D eigenvalue weighted by Gasteiger charge is -2.02. The van der Waals surface area contributed by atoms with Gasteiger partial charge < -0.3 is 4.42 Å². The molecule has 0 saturated carbocycles. The number of nitrogens with zero attached hydrogens (tertiary/aromatic N) is 1. The summed E-state index contributed by atoms with van der Waals surface area (Å²) in [5.74, 6) is 0.581. The summed E-state index contributed by atoms with van der Waals surface area (Å²) >= 11 is 8.77. The molecule has 2 heterocycles. The van der Waals surface area contributed by atoms with Crippen LogP contribution in [0.3, 0.4) is 0 Å². The van der Waals surface area contributed by atoms with Crippen molar-refractivity contribution in [2.24, 2.45) is 0 Å². The van der Waals surface area contributed by atoms with Gasteiger partial charge in [0.05, 0.1) is 6.54 Å². The molecule has 2 aromatic heterocycles. The van der Waals surface area contributed by atoms with Crippen molar-refractivity contribution in [2.75, 3.05) is 0 Å². The standard InChI is InChI=1S/C9H6BrClN2O3/c10-7-2-1-5(16-7)3-13-4-6(11)8(14)12-9(13)15/h1-2,4H,3H2,(H,12,14,15). The Balaban J connectivity index is 2.39. The first-order valence-electron chi connectivity index (χ1n) is 4.30. The number of nitrogens with one attached hydrogen (secondary N) is 1.